The molecular weight excluding hydrogens is 352 g/mol. The van der Waals surface area contributed by atoms with Crippen molar-refractivity contribution in [2.75, 3.05) is 24.6 Å². The molecule has 0 fully saturated rings. The number of benzene rings is 1. The molecule has 4 aromatic rings. The van der Waals surface area contributed by atoms with Crippen molar-refractivity contribution in [3.8, 4) is 11.5 Å². The number of para-hydroxylation sites is 1. The SMILES string of the molecule is CCCCN(CCCCO)c1ccc2ncc(-c3cc4ccccc4o3)n2n1. The van der Waals surface area contributed by atoms with Crippen LogP contribution in [-0.2, 0) is 0 Å². The number of aromatic nitrogens is 3. The van der Waals surface area contributed by atoms with Crippen LogP contribution in [0.5, 0.6) is 0 Å². The van der Waals surface area contributed by atoms with E-state index in [2.05, 4.69) is 16.8 Å². The van der Waals surface area contributed by atoms with Crippen LogP contribution in [0, 0.1) is 0 Å². The average Bonchev–Trinajstić information content (AvgIpc) is 3.33. The number of aliphatic hydroxyl groups is 1. The summed E-state index contributed by atoms with van der Waals surface area (Å²) in [5.74, 6) is 1.69. The highest BCUT2D eigenvalue weighted by Gasteiger charge is 2.15. The molecule has 0 aliphatic rings. The van der Waals surface area contributed by atoms with Crippen molar-refractivity contribution in [2.45, 2.75) is 32.6 Å². The molecule has 0 radical (unpaired) electrons. The molecule has 6 nitrogen and oxygen atoms in total. The van der Waals surface area contributed by atoms with Crippen molar-refractivity contribution in [1.29, 1.82) is 0 Å². The first-order valence-electron chi connectivity index (χ1n) is 9.99. The highest BCUT2D eigenvalue weighted by molar-refractivity contribution is 5.82. The fourth-order valence-electron chi connectivity index (χ4n) is 3.41. The second-order valence-corrected chi connectivity index (χ2v) is 7.02. The molecule has 1 N–H and O–H groups in total. The summed E-state index contributed by atoms with van der Waals surface area (Å²) in [5, 5.41) is 15.0. The molecule has 0 aliphatic carbocycles. The van der Waals surface area contributed by atoms with Gasteiger partial charge in [-0.15, -0.1) is 5.10 Å². The molecule has 3 aromatic heterocycles. The summed E-state index contributed by atoms with van der Waals surface area (Å²) in [6.07, 6.45) is 5.81. The Hall–Kier alpha value is -2.86. The Morgan fingerprint density at radius 2 is 1.93 bits per heavy atom. The van der Waals surface area contributed by atoms with Gasteiger partial charge >= 0.3 is 0 Å². The number of rotatable bonds is 9. The Morgan fingerprint density at radius 3 is 2.75 bits per heavy atom. The van der Waals surface area contributed by atoms with Gasteiger partial charge in [-0.25, -0.2) is 9.50 Å². The van der Waals surface area contributed by atoms with Crippen LogP contribution in [0.1, 0.15) is 32.6 Å². The van der Waals surface area contributed by atoms with Crippen LogP contribution in [0.3, 0.4) is 0 Å². The van der Waals surface area contributed by atoms with Crippen molar-refractivity contribution >= 4 is 22.4 Å². The summed E-state index contributed by atoms with van der Waals surface area (Å²) < 4.78 is 7.88. The first-order valence-corrected chi connectivity index (χ1v) is 9.99. The quantitative estimate of drug-likeness (QED) is 0.434. The van der Waals surface area contributed by atoms with Crippen LogP contribution in [-0.4, -0.2) is 39.4 Å². The van der Waals surface area contributed by atoms with Crippen molar-refractivity contribution in [3.63, 3.8) is 0 Å². The minimum atomic E-state index is 0.228. The second-order valence-electron chi connectivity index (χ2n) is 7.02. The molecule has 0 bridgehead atoms. The number of unbranched alkanes of at least 4 members (excludes halogenated alkanes) is 2. The Bertz CT molecular complexity index is 1020. The molecule has 28 heavy (non-hydrogen) atoms. The van der Waals surface area contributed by atoms with E-state index in [4.69, 9.17) is 14.6 Å². The van der Waals surface area contributed by atoms with Gasteiger partial charge in [-0.2, -0.15) is 0 Å². The number of nitrogens with zero attached hydrogens (tertiary/aromatic N) is 4. The van der Waals surface area contributed by atoms with Crippen LogP contribution in [0.2, 0.25) is 0 Å². The van der Waals surface area contributed by atoms with Crippen LogP contribution < -0.4 is 4.90 Å². The van der Waals surface area contributed by atoms with Gasteiger partial charge in [0.05, 0.1) is 6.20 Å². The zero-order chi connectivity index (χ0) is 19.3. The van der Waals surface area contributed by atoms with E-state index in [1.807, 2.05) is 53.2 Å². The molecular formula is C22H26N4O2. The van der Waals surface area contributed by atoms with Gasteiger partial charge in [0.2, 0.25) is 0 Å². The number of hydrogen-bond donors (Lipinski definition) is 1. The standard InChI is InChI=1S/C22H26N4O2/c1-2-3-12-25(13-6-7-14-27)22-11-10-21-23-16-18(26(21)24-22)20-15-17-8-4-5-9-19(17)28-20/h4-5,8-11,15-16,27H,2-3,6-7,12-14H2,1H3. The predicted octanol–water partition coefficient (Wildman–Crippen LogP) is 4.52. The van der Waals surface area contributed by atoms with Crippen LogP contribution in [0.4, 0.5) is 5.82 Å². The lowest BCUT2D eigenvalue weighted by atomic mass is 10.2. The van der Waals surface area contributed by atoms with Crippen LogP contribution in [0.15, 0.2) is 53.1 Å². The highest BCUT2D eigenvalue weighted by atomic mass is 16.3. The minimum Gasteiger partial charge on any atom is -0.454 e. The number of aliphatic hydroxyl groups excluding tert-OH is 1. The molecule has 6 heteroatoms. The van der Waals surface area contributed by atoms with E-state index in [1.165, 1.54) is 0 Å². The summed E-state index contributed by atoms with van der Waals surface area (Å²) >= 11 is 0. The molecule has 3 heterocycles. The van der Waals surface area contributed by atoms with E-state index < -0.39 is 0 Å². The van der Waals surface area contributed by atoms with Gasteiger partial charge in [0.15, 0.2) is 11.4 Å². The van der Waals surface area contributed by atoms with Gasteiger partial charge < -0.3 is 14.4 Å². The first-order chi connectivity index (χ1) is 13.8. The molecule has 0 spiro atoms. The van der Waals surface area contributed by atoms with E-state index in [0.717, 1.165) is 72.7 Å². The number of anilines is 1. The van der Waals surface area contributed by atoms with Gasteiger partial charge in [-0.3, -0.25) is 0 Å². The Balaban J connectivity index is 1.69. The maximum absolute atomic E-state index is 9.10. The molecule has 146 valence electrons. The molecule has 4 rings (SSSR count). The van der Waals surface area contributed by atoms with Gasteiger partial charge in [0.1, 0.15) is 17.1 Å². The maximum Gasteiger partial charge on any atom is 0.155 e. The molecule has 0 aliphatic heterocycles. The zero-order valence-electron chi connectivity index (χ0n) is 16.2. The predicted molar refractivity (Wildman–Crippen MR) is 112 cm³/mol. The normalized spacial score (nSPS) is 11.5. The summed E-state index contributed by atoms with van der Waals surface area (Å²) in [5.41, 5.74) is 2.50. The van der Waals surface area contributed by atoms with E-state index in [0.29, 0.717) is 0 Å². The Morgan fingerprint density at radius 1 is 1.07 bits per heavy atom. The number of imidazole rings is 1. The summed E-state index contributed by atoms with van der Waals surface area (Å²) in [4.78, 5) is 6.78. The molecule has 1 aromatic carbocycles. The van der Waals surface area contributed by atoms with Crippen LogP contribution in [0.25, 0.3) is 28.1 Å². The Kier molecular flexibility index (Phi) is 5.58. The molecule has 0 amide bonds. The van der Waals surface area contributed by atoms with E-state index in [-0.39, 0.29) is 6.61 Å². The third-order valence-electron chi connectivity index (χ3n) is 4.97. The van der Waals surface area contributed by atoms with Crippen molar-refractivity contribution in [3.05, 3.63) is 48.7 Å². The molecule has 0 atom stereocenters. The van der Waals surface area contributed by atoms with Gasteiger partial charge in [0, 0.05) is 25.1 Å². The highest BCUT2D eigenvalue weighted by Crippen LogP contribution is 2.28. The summed E-state index contributed by atoms with van der Waals surface area (Å²) in [6, 6.07) is 14.0. The molecule has 0 unspecified atom stereocenters. The summed E-state index contributed by atoms with van der Waals surface area (Å²) in [7, 11) is 0. The molecule has 0 saturated heterocycles. The van der Waals surface area contributed by atoms with Gasteiger partial charge in [-0.05, 0) is 43.5 Å². The van der Waals surface area contributed by atoms with Gasteiger partial charge in [-0.1, -0.05) is 31.5 Å². The summed E-state index contributed by atoms with van der Waals surface area (Å²) in [6.45, 7) is 4.26. The largest absolute Gasteiger partial charge is 0.454 e. The zero-order valence-corrected chi connectivity index (χ0v) is 16.2. The van der Waals surface area contributed by atoms with E-state index in [9.17, 15) is 0 Å². The topological polar surface area (TPSA) is 66.8 Å². The average molecular weight is 378 g/mol. The van der Waals surface area contributed by atoms with Crippen molar-refractivity contribution < 1.29 is 9.52 Å². The third kappa shape index (κ3) is 3.73. The van der Waals surface area contributed by atoms with E-state index >= 15 is 0 Å². The third-order valence-corrected chi connectivity index (χ3v) is 4.97. The fraction of sp³-hybridized carbons (Fsp3) is 0.364. The first kappa shape index (κ1) is 18.5. The lowest BCUT2D eigenvalue weighted by molar-refractivity contribution is 0.285. The van der Waals surface area contributed by atoms with E-state index in [1.54, 1.807) is 0 Å². The minimum absolute atomic E-state index is 0.228. The lowest BCUT2D eigenvalue weighted by Crippen LogP contribution is -2.27. The maximum atomic E-state index is 9.10. The number of furan rings is 1. The number of hydrogen-bond acceptors (Lipinski definition) is 5. The number of fused-ring (bicyclic) bond motifs is 2. The lowest BCUT2D eigenvalue weighted by Gasteiger charge is -2.23. The molecule has 0 saturated carbocycles. The van der Waals surface area contributed by atoms with Crippen LogP contribution >= 0.6 is 0 Å². The monoisotopic (exact) mass is 378 g/mol. The van der Waals surface area contributed by atoms with Crippen molar-refractivity contribution in [1.82, 2.24) is 14.6 Å². The van der Waals surface area contributed by atoms with Crippen molar-refractivity contribution in [2.24, 2.45) is 0 Å². The Labute approximate surface area is 164 Å². The fourth-order valence-corrected chi connectivity index (χ4v) is 3.41. The van der Waals surface area contributed by atoms with Gasteiger partial charge in [0.25, 0.3) is 0 Å². The second kappa shape index (κ2) is 8.44. The smallest absolute Gasteiger partial charge is 0.155 e.